The normalized spacial score (nSPS) is 26.6. The first kappa shape index (κ1) is 33.0. The van der Waals surface area contributed by atoms with E-state index in [1.807, 2.05) is 47.4 Å². The topological polar surface area (TPSA) is 143 Å². The third-order valence-corrected chi connectivity index (χ3v) is 9.20. The molecular weight excluding hydrogens is 625 g/mol. The van der Waals surface area contributed by atoms with Gasteiger partial charge in [0.25, 0.3) is 5.17 Å². The molecule has 0 spiro atoms. The highest BCUT2D eigenvalue weighted by Crippen LogP contribution is 2.44. The highest BCUT2D eigenvalue weighted by molar-refractivity contribution is 7.80. The van der Waals surface area contributed by atoms with Gasteiger partial charge in [-0.15, -0.1) is 0 Å². The summed E-state index contributed by atoms with van der Waals surface area (Å²) in [5.74, 6) is -0.364. The van der Waals surface area contributed by atoms with Crippen LogP contribution in [0.25, 0.3) is 11.1 Å². The highest BCUT2D eigenvalue weighted by atomic mass is 32.1. The van der Waals surface area contributed by atoms with Gasteiger partial charge >= 0.3 is 0 Å². The number of anilines is 1. The molecule has 11 heteroatoms. The Bertz CT molecular complexity index is 1670. The number of aliphatic hydroxyl groups excluding tert-OH is 5. The zero-order valence-electron chi connectivity index (χ0n) is 25.2. The van der Waals surface area contributed by atoms with Crippen LogP contribution in [0.1, 0.15) is 47.8 Å². The van der Waals surface area contributed by atoms with Crippen molar-refractivity contribution in [2.75, 3.05) is 11.5 Å². The van der Waals surface area contributed by atoms with Crippen LogP contribution in [0.15, 0.2) is 97.1 Å². The summed E-state index contributed by atoms with van der Waals surface area (Å²) in [6.45, 7) is -0.515. The first-order valence-electron chi connectivity index (χ1n) is 15.4. The lowest BCUT2D eigenvalue weighted by atomic mass is 9.90. The fourth-order valence-corrected chi connectivity index (χ4v) is 6.67. The fourth-order valence-electron chi connectivity index (χ4n) is 6.33. The van der Waals surface area contributed by atoms with Crippen LogP contribution >= 0.6 is 12.2 Å². The average Bonchev–Trinajstić information content (AvgIpc) is 3.42. The molecule has 2 heterocycles. The highest BCUT2D eigenvalue weighted by Gasteiger charge is 2.44. The molecule has 0 aromatic heterocycles. The van der Waals surface area contributed by atoms with E-state index in [2.05, 4.69) is 0 Å². The van der Waals surface area contributed by atoms with E-state index in [-0.39, 0.29) is 16.7 Å². The number of halogens is 1. The SMILES string of the molecule is OC[C@H]1O[C@@H](c2ccc(-c3ccc([C@@H]4[C@@H](CC[C@H](O)c5ccc(F)cc5)OC(=S)N4c4ccccc4)c(O)c3)cc2)[C@H](O)[C@@H](O)[C@@H]1O. The van der Waals surface area contributed by atoms with E-state index in [9.17, 15) is 35.0 Å². The molecule has 0 saturated carbocycles. The third-order valence-electron chi connectivity index (χ3n) is 8.91. The van der Waals surface area contributed by atoms with Crippen LogP contribution in [0.3, 0.4) is 0 Å². The van der Waals surface area contributed by atoms with E-state index < -0.39 is 55.4 Å². The van der Waals surface area contributed by atoms with Crippen molar-refractivity contribution in [2.24, 2.45) is 0 Å². The van der Waals surface area contributed by atoms with Gasteiger partial charge in [0.2, 0.25) is 0 Å². The maximum Gasteiger partial charge on any atom is 0.264 e. The summed E-state index contributed by atoms with van der Waals surface area (Å²) < 4.78 is 25.3. The van der Waals surface area contributed by atoms with Gasteiger partial charge in [-0.2, -0.15) is 0 Å². The van der Waals surface area contributed by atoms with Crippen LogP contribution in [-0.2, 0) is 9.47 Å². The van der Waals surface area contributed by atoms with Crippen molar-refractivity contribution in [3.63, 3.8) is 0 Å². The van der Waals surface area contributed by atoms with Gasteiger partial charge in [0.15, 0.2) is 0 Å². The Labute approximate surface area is 276 Å². The van der Waals surface area contributed by atoms with Crippen molar-refractivity contribution in [3.8, 4) is 16.9 Å². The van der Waals surface area contributed by atoms with Gasteiger partial charge in [0.05, 0.1) is 12.7 Å². The maximum atomic E-state index is 13.4. The Hall–Kier alpha value is -3.94. The minimum absolute atomic E-state index is 0.0174. The van der Waals surface area contributed by atoms with Crippen LogP contribution in [0.5, 0.6) is 5.75 Å². The number of aliphatic hydroxyl groups is 5. The predicted octanol–water partition coefficient (Wildman–Crippen LogP) is 4.46. The number of para-hydroxylation sites is 1. The molecule has 47 heavy (non-hydrogen) atoms. The Kier molecular flexibility index (Phi) is 9.85. The molecule has 0 bridgehead atoms. The van der Waals surface area contributed by atoms with E-state index in [0.29, 0.717) is 35.1 Å². The molecule has 6 N–H and O–H groups in total. The molecule has 9 nitrogen and oxygen atoms in total. The second-order valence-corrected chi connectivity index (χ2v) is 12.2. The summed E-state index contributed by atoms with van der Waals surface area (Å²) in [4.78, 5) is 1.86. The van der Waals surface area contributed by atoms with Crippen molar-refractivity contribution in [3.05, 3.63) is 120 Å². The van der Waals surface area contributed by atoms with Gasteiger partial charge in [0.1, 0.15) is 54.2 Å². The molecule has 0 amide bonds. The first-order chi connectivity index (χ1) is 22.7. The standard InChI is InChI=1S/C36H36FNO8S/c37-24-13-10-21(11-14-24)27(40)16-17-29-31(38(36(47)46-29)25-4-2-1-3-5-25)26-15-12-23(18-28(26)41)20-6-8-22(9-7-20)35-34(44)33(43)32(42)30(19-39)45-35/h1-15,18,27,29-35,39-44H,16-17,19H2/t27-,29+,30+,31+,32+,33-,34+,35-/m0/s1. The summed E-state index contributed by atoms with van der Waals surface area (Å²) in [5, 5.41) is 62.8. The number of ether oxygens (including phenoxy) is 2. The van der Waals surface area contributed by atoms with E-state index in [1.165, 1.54) is 12.1 Å². The van der Waals surface area contributed by atoms with Crippen molar-refractivity contribution in [2.45, 2.75) is 61.6 Å². The minimum atomic E-state index is -1.48. The van der Waals surface area contributed by atoms with Crippen LogP contribution in [0.2, 0.25) is 0 Å². The second-order valence-electron chi connectivity index (χ2n) is 11.9. The predicted molar refractivity (Wildman–Crippen MR) is 176 cm³/mol. The maximum absolute atomic E-state index is 13.4. The lowest BCUT2D eigenvalue weighted by Gasteiger charge is -2.40. The van der Waals surface area contributed by atoms with Crippen LogP contribution in [0.4, 0.5) is 10.1 Å². The van der Waals surface area contributed by atoms with Gasteiger partial charge in [-0.1, -0.05) is 66.7 Å². The lowest BCUT2D eigenvalue weighted by molar-refractivity contribution is -0.231. The number of hydrogen-bond donors (Lipinski definition) is 6. The molecule has 246 valence electrons. The largest absolute Gasteiger partial charge is 0.508 e. The molecule has 2 saturated heterocycles. The number of phenols is 1. The van der Waals surface area contributed by atoms with Crippen molar-refractivity contribution < 1.29 is 44.5 Å². The molecule has 6 rings (SSSR count). The van der Waals surface area contributed by atoms with Gasteiger partial charge in [-0.3, -0.25) is 4.90 Å². The summed E-state index contributed by atoms with van der Waals surface area (Å²) in [5.41, 5.74) is 3.98. The molecule has 0 unspecified atom stereocenters. The number of benzene rings is 4. The summed E-state index contributed by atoms with van der Waals surface area (Å²) in [6.07, 6.45) is -6.92. The zero-order chi connectivity index (χ0) is 33.2. The molecular formula is C36H36FNO8S. The van der Waals surface area contributed by atoms with Gasteiger partial charge < -0.3 is 40.1 Å². The number of rotatable bonds is 9. The molecule has 2 fully saturated rings. The smallest absolute Gasteiger partial charge is 0.264 e. The average molecular weight is 662 g/mol. The number of thiocarbonyl (C=S) groups is 1. The van der Waals surface area contributed by atoms with Gasteiger partial charge in [0, 0.05) is 11.3 Å². The Morgan fingerprint density at radius 2 is 1.49 bits per heavy atom. The molecule has 8 atom stereocenters. The fraction of sp³-hybridized carbons (Fsp3) is 0.306. The van der Waals surface area contributed by atoms with Crippen LogP contribution in [-0.4, -0.2) is 72.9 Å². The monoisotopic (exact) mass is 661 g/mol. The van der Waals surface area contributed by atoms with Gasteiger partial charge in [-0.25, -0.2) is 4.39 Å². The van der Waals surface area contributed by atoms with E-state index in [4.69, 9.17) is 21.7 Å². The summed E-state index contributed by atoms with van der Waals surface area (Å²) in [6, 6.07) is 27.0. The Morgan fingerprint density at radius 1 is 0.809 bits per heavy atom. The van der Waals surface area contributed by atoms with Crippen LogP contribution in [0, 0.1) is 5.82 Å². The molecule has 0 aliphatic carbocycles. The number of phenolic OH excluding ortho intramolecular Hbond substituents is 1. The molecule has 4 aromatic carbocycles. The van der Waals surface area contributed by atoms with Crippen LogP contribution < -0.4 is 4.90 Å². The Morgan fingerprint density at radius 3 is 2.15 bits per heavy atom. The van der Waals surface area contributed by atoms with Gasteiger partial charge in [-0.05, 0) is 77.6 Å². The minimum Gasteiger partial charge on any atom is -0.508 e. The van der Waals surface area contributed by atoms with E-state index in [0.717, 1.165) is 11.3 Å². The molecule has 2 aliphatic heterocycles. The van der Waals surface area contributed by atoms with E-state index in [1.54, 1.807) is 42.5 Å². The Balaban J connectivity index is 1.25. The summed E-state index contributed by atoms with van der Waals surface area (Å²) >= 11 is 5.66. The quantitative estimate of drug-likeness (QED) is 0.142. The summed E-state index contributed by atoms with van der Waals surface area (Å²) in [7, 11) is 0. The third kappa shape index (κ3) is 6.74. The number of hydrogen-bond acceptors (Lipinski definition) is 9. The van der Waals surface area contributed by atoms with Crippen molar-refractivity contribution in [1.29, 1.82) is 0 Å². The zero-order valence-corrected chi connectivity index (χ0v) is 26.0. The van der Waals surface area contributed by atoms with Crippen molar-refractivity contribution in [1.82, 2.24) is 0 Å². The van der Waals surface area contributed by atoms with E-state index >= 15 is 0 Å². The molecule has 0 radical (unpaired) electrons. The number of nitrogens with zero attached hydrogens (tertiary/aromatic N) is 1. The molecule has 4 aromatic rings. The van der Waals surface area contributed by atoms with Crippen molar-refractivity contribution >= 4 is 23.1 Å². The lowest BCUT2D eigenvalue weighted by Crippen LogP contribution is -2.55. The second kappa shape index (κ2) is 14.0. The first-order valence-corrected chi connectivity index (χ1v) is 15.8. The molecule has 2 aliphatic rings. The number of aromatic hydroxyl groups is 1.